The molecule has 1 aliphatic heterocycles. The van der Waals surface area contributed by atoms with E-state index in [1.165, 1.54) is 0 Å². The summed E-state index contributed by atoms with van der Waals surface area (Å²) in [5, 5.41) is 21.2. The second kappa shape index (κ2) is 5.24. The number of aryl methyl sites for hydroxylation is 2. The van der Waals surface area contributed by atoms with Gasteiger partial charge in [-0.25, -0.2) is 4.68 Å². The quantitative estimate of drug-likeness (QED) is 0.832. The zero-order valence-corrected chi connectivity index (χ0v) is 11.7. The van der Waals surface area contributed by atoms with Gasteiger partial charge in [-0.15, -0.1) is 5.10 Å². The molecule has 2 atom stereocenters. The molecule has 0 radical (unpaired) electrons. The van der Waals surface area contributed by atoms with Crippen LogP contribution in [0.2, 0.25) is 0 Å². The lowest BCUT2D eigenvalue weighted by molar-refractivity contribution is -0.138. The third kappa shape index (κ3) is 3.09. The molecule has 0 aliphatic carbocycles. The topological polar surface area (TPSA) is 84.1 Å². The standard InChI is InChI=1S/C12H21N5O2/c1-9-8-16(7-5-12(9,3)19)11(18)4-6-17-10(2)13-14-15-17/h9,19H,4-8H2,1-3H3/t9-,12+/m1/s1. The molecule has 7 nitrogen and oxygen atoms in total. The molecule has 0 bridgehead atoms. The fourth-order valence-electron chi connectivity index (χ4n) is 2.27. The van der Waals surface area contributed by atoms with Crippen molar-refractivity contribution in [1.29, 1.82) is 0 Å². The summed E-state index contributed by atoms with van der Waals surface area (Å²) in [5.41, 5.74) is -0.664. The molecule has 1 N–H and O–H groups in total. The molecule has 2 rings (SSSR count). The first kappa shape index (κ1) is 13.9. The van der Waals surface area contributed by atoms with E-state index in [-0.39, 0.29) is 11.8 Å². The minimum absolute atomic E-state index is 0.0947. The number of carbonyl (C=O) groups excluding carboxylic acids is 1. The van der Waals surface area contributed by atoms with E-state index in [4.69, 9.17) is 0 Å². The van der Waals surface area contributed by atoms with E-state index in [0.29, 0.717) is 38.3 Å². The molecule has 19 heavy (non-hydrogen) atoms. The number of likely N-dealkylation sites (tertiary alicyclic amines) is 1. The van der Waals surface area contributed by atoms with Crippen LogP contribution in [0.3, 0.4) is 0 Å². The number of tetrazole rings is 1. The van der Waals surface area contributed by atoms with E-state index < -0.39 is 5.60 Å². The highest BCUT2D eigenvalue weighted by molar-refractivity contribution is 5.76. The Morgan fingerprint density at radius 1 is 1.58 bits per heavy atom. The van der Waals surface area contributed by atoms with E-state index in [1.807, 2.05) is 25.7 Å². The minimum atomic E-state index is -0.664. The predicted molar refractivity (Wildman–Crippen MR) is 68.2 cm³/mol. The van der Waals surface area contributed by atoms with Gasteiger partial charge in [0.05, 0.1) is 12.1 Å². The van der Waals surface area contributed by atoms with E-state index in [1.54, 1.807) is 4.68 Å². The first-order valence-corrected chi connectivity index (χ1v) is 6.63. The second-order valence-electron chi connectivity index (χ2n) is 5.55. The Kier molecular flexibility index (Phi) is 3.84. The maximum Gasteiger partial charge on any atom is 0.224 e. The van der Waals surface area contributed by atoms with Crippen molar-refractivity contribution in [2.45, 2.75) is 45.8 Å². The van der Waals surface area contributed by atoms with Gasteiger partial charge >= 0.3 is 0 Å². The van der Waals surface area contributed by atoms with Gasteiger partial charge in [0, 0.05) is 25.4 Å². The van der Waals surface area contributed by atoms with Crippen molar-refractivity contribution >= 4 is 5.91 Å². The Bertz CT molecular complexity index is 457. The lowest BCUT2D eigenvalue weighted by Gasteiger charge is -2.41. The molecule has 1 aliphatic rings. The molecule has 0 spiro atoms. The molecule has 1 saturated heterocycles. The summed E-state index contributed by atoms with van der Waals surface area (Å²) in [4.78, 5) is 13.9. The molecule has 0 saturated carbocycles. The Hall–Kier alpha value is -1.50. The maximum atomic E-state index is 12.1. The highest BCUT2D eigenvalue weighted by Gasteiger charge is 2.35. The van der Waals surface area contributed by atoms with E-state index >= 15 is 0 Å². The number of hydrogen-bond acceptors (Lipinski definition) is 5. The molecule has 2 heterocycles. The van der Waals surface area contributed by atoms with Gasteiger partial charge in [0.2, 0.25) is 5.91 Å². The van der Waals surface area contributed by atoms with E-state index in [9.17, 15) is 9.90 Å². The molecule has 1 aromatic rings. The van der Waals surface area contributed by atoms with E-state index in [0.717, 1.165) is 0 Å². The first-order valence-electron chi connectivity index (χ1n) is 6.63. The van der Waals surface area contributed by atoms with Gasteiger partial charge in [0.15, 0.2) is 0 Å². The number of amides is 1. The molecule has 1 amide bonds. The number of carbonyl (C=O) groups is 1. The van der Waals surface area contributed by atoms with Gasteiger partial charge in [-0.05, 0) is 30.7 Å². The summed E-state index contributed by atoms with van der Waals surface area (Å²) in [6.45, 7) is 7.35. The third-order valence-electron chi connectivity index (χ3n) is 4.04. The molecular weight excluding hydrogens is 246 g/mol. The number of aliphatic hydroxyl groups is 1. The smallest absolute Gasteiger partial charge is 0.224 e. The number of piperidine rings is 1. The highest BCUT2D eigenvalue weighted by atomic mass is 16.3. The fraction of sp³-hybridized carbons (Fsp3) is 0.833. The van der Waals surface area contributed by atoms with Crippen LogP contribution in [0.5, 0.6) is 0 Å². The van der Waals surface area contributed by atoms with Crippen LogP contribution in [-0.2, 0) is 11.3 Å². The van der Waals surface area contributed by atoms with Crippen molar-refractivity contribution in [2.24, 2.45) is 5.92 Å². The van der Waals surface area contributed by atoms with Crippen LogP contribution in [0.4, 0.5) is 0 Å². The summed E-state index contributed by atoms with van der Waals surface area (Å²) >= 11 is 0. The SMILES string of the molecule is Cc1nnnn1CCC(=O)N1CC[C@](C)(O)[C@H](C)C1. The van der Waals surface area contributed by atoms with Gasteiger partial charge in [-0.2, -0.15) is 0 Å². The molecule has 7 heteroatoms. The Balaban J connectivity index is 1.86. The van der Waals surface area contributed by atoms with Crippen molar-refractivity contribution in [3.63, 3.8) is 0 Å². The molecular formula is C12H21N5O2. The zero-order chi connectivity index (χ0) is 14.0. The minimum Gasteiger partial charge on any atom is -0.390 e. The summed E-state index contributed by atoms with van der Waals surface area (Å²) in [6.07, 6.45) is 1.02. The predicted octanol–water partition coefficient (Wildman–Crippen LogP) is -0.00898. The number of nitrogens with zero attached hydrogens (tertiary/aromatic N) is 5. The van der Waals surface area contributed by atoms with Crippen molar-refractivity contribution in [1.82, 2.24) is 25.1 Å². The van der Waals surface area contributed by atoms with Gasteiger partial charge in [-0.3, -0.25) is 4.79 Å². The Morgan fingerprint density at radius 3 is 2.89 bits per heavy atom. The maximum absolute atomic E-state index is 12.1. The molecule has 1 fully saturated rings. The van der Waals surface area contributed by atoms with Crippen molar-refractivity contribution in [3.8, 4) is 0 Å². The van der Waals surface area contributed by atoms with Crippen molar-refractivity contribution in [2.75, 3.05) is 13.1 Å². The third-order valence-corrected chi connectivity index (χ3v) is 4.04. The van der Waals surface area contributed by atoms with Gasteiger partial charge < -0.3 is 10.0 Å². The monoisotopic (exact) mass is 267 g/mol. The van der Waals surface area contributed by atoms with Gasteiger partial charge in [0.1, 0.15) is 5.82 Å². The molecule has 0 unspecified atom stereocenters. The molecule has 0 aromatic carbocycles. The van der Waals surface area contributed by atoms with Crippen LogP contribution in [0.1, 0.15) is 32.5 Å². The average molecular weight is 267 g/mol. The van der Waals surface area contributed by atoms with Crippen molar-refractivity contribution in [3.05, 3.63) is 5.82 Å². The van der Waals surface area contributed by atoms with Crippen LogP contribution in [0.25, 0.3) is 0 Å². The summed E-state index contributed by atoms with van der Waals surface area (Å²) < 4.78 is 1.63. The fourth-order valence-corrected chi connectivity index (χ4v) is 2.27. The Morgan fingerprint density at radius 2 is 2.32 bits per heavy atom. The van der Waals surface area contributed by atoms with Crippen molar-refractivity contribution < 1.29 is 9.90 Å². The van der Waals surface area contributed by atoms with Crippen LogP contribution in [0.15, 0.2) is 0 Å². The normalized spacial score (nSPS) is 27.6. The summed E-state index contributed by atoms with van der Waals surface area (Å²) in [7, 11) is 0. The first-order chi connectivity index (χ1) is 8.90. The number of aromatic nitrogens is 4. The lowest BCUT2D eigenvalue weighted by atomic mass is 9.84. The number of rotatable bonds is 3. The average Bonchev–Trinajstić information content (AvgIpc) is 2.75. The van der Waals surface area contributed by atoms with Crippen LogP contribution < -0.4 is 0 Å². The highest BCUT2D eigenvalue weighted by Crippen LogP contribution is 2.27. The summed E-state index contributed by atoms with van der Waals surface area (Å²) in [5.74, 6) is 0.903. The largest absolute Gasteiger partial charge is 0.390 e. The van der Waals surface area contributed by atoms with Crippen LogP contribution >= 0.6 is 0 Å². The van der Waals surface area contributed by atoms with Crippen LogP contribution in [-0.4, -0.2) is 54.8 Å². The lowest BCUT2D eigenvalue weighted by Crippen LogP contribution is -2.51. The second-order valence-corrected chi connectivity index (χ2v) is 5.55. The summed E-state index contributed by atoms with van der Waals surface area (Å²) in [6, 6.07) is 0. The Labute approximate surface area is 112 Å². The molecule has 1 aromatic heterocycles. The van der Waals surface area contributed by atoms with Gasteiger partial charge in [-0.1, -0.05) is 6.92 Å². The zero-order valence-electron chi connectivity index (χ0n) is 11.7. The van der Waals surface area contributed by atoms with Crippen LogP contribution in [0, 0.1) is 12.8 Å². The number of hydrogen-bond donors (Lipinski definition) is 1. The molecule has 106 valence electrons. The van der Waals surface area contributed by atoms with Gasteiger partial charge in [0.25, 0.3) is 0 Å². The van der Waals surface area contributed by atoms with E-state index in [2.05, 4.69) is 15.5 Å².